The first-order valence-corrected chi connectivity index (χ1v) is 17.4. The summed E-state index contributed by atoms with van der Waals surface area (Å²) in [5, 5.41) is 0. The molecule has 0 saturated heterocycles. The Morgan fingerprint density at radius 3 is 0.595 bits per heavy atom. The molecule has 0 aromatic heterocycles. The maximum atomic E-state index is 2.31. The van der Waals surface area contributed by atoms with Gasteiger partial charge in [0.25, 0.3) is 0 Å². The summed E-state index contributed by atoms with van der Waals surface area (Å²) in [5.74, 6) is 0. The van der Waals surface area contributed by atoms with Crippen LogP contribution in [0.3, 0.4) is 0 Å². The zero-order valence-electron chi connectivity index (χ0n) is 26.7. The van der Waals surface area contributed by atoms with Crippen LogP contribution in [-0.4, -0.2) is 32.2 Å². The molecule has 0 rings (SSSR count). The second kappa shape index (κ2) is 32.7. The Labute approximate surface area is 248 Å². The number of rotatable bonds is 31. The lowest BCUT2D eigenvalue weighted by Crippen LogP contribution is -3.00. The van der Waals surface area contributed by atoms with Crippen molar-refractivity contribution in [3.63, 3.8) is 0 Å². The Bertz CT molecular complexity index is 389. The molecule has 0 spiro atoms. The predicted molar refractivity (Wildman–Crippen MR) is 167 cm³/mol. The van der Waals surface area contributed by atoms with Crippen LogP contribution in [0.15, 0.2) is 0 Å². The van der Waals surface area contributed by atoms with Crippen LogP contribution in [0.1, 0.15) is 200 Å². The number of unbranched alkanes of at least 4 members (excludes halogenated alkanes) is 29. The van der Waals surface area contributed by atoms with Crippen LogP contribution in [0.25, 0.3) is 0 Å². The lowest BCUT2D eigenvalue weighted by Gasteiger charge is -2.23. The highest BCUT2D eigenvalue weighted by Crippen LogP contribution is 2.16. The van der Waals surface area contributed by atoms with Crippen molar-refractivity contribution in [1.29, 1.82) is 0 Å². The average molecular weight is 589 g/mol. The van der Waals surface area contributed by atoms with Crippen LogP contribution in [0.2, 0.25) is 0 Å². The van der Waals surface area contributed by atoms with E-state index < -0.39 is 0 Å². The Morgan fingerprint density at radius 1 is 0.270 bits per heavy atom. The fourth-order valence-electron chi connectivity index (χ4n) is 5.61. The first-order valence-electron chi connectivity index (χ1n) is 17.4. The van der Waals surface area contributed by atoms with Crippen LogP contribution in [-0.2, 0) is 0 Å². The standard InChI is InChI=1S/C35H74N.BrH/c1-5-6-7-8-9-10-11-12-13-14-15-16-17-18-19-20-21-22-23-24-25-26-27-28-29-30-31-32-33-34-35-36(2,3)4;/h5-35H2,1-4H3;1H/q+1;/p-1. The van der Waals surface area contributed by atoms with Gasteiger partial charge in [0.15, 0.2) is 0 Å². The molecule has 0 saturated carbocycles. The summed E-state index contributed by atoms with van der Waals surface area (Å²) in [7, 11) is 6.92. The number of nitrogens with zero attached hydrogens (tertiary/aromatic N) is 1. The van der Waals surface area contributed by atoms with E-state index in [9.17, 15) is 0 Å². The maximum absolute atomic E-state index is 2.31. The molecule has 0 radical (unpaired) electrons. The lowest BCUT2D eigenvalue weighted by molar-refractivity contribution is -0.870. The molecule has 0 aromatic carbocycles. The Balaban J connectivity index is 0. The van der Waals surface area contributed by atoms with Gasteiger partial charge in [0.2, 0.25) is 0 Å². The van der Waals surface area contributed by atoms with Gasteiger partial charge in [0.1, 0.15) is 0 Å². The molecule has 0 heterocycles. The molecule has 2 heteroatoms. The molecular weight excluding hydrogens is 514 g/mol. The summed E-state index contributed by atoms with van der Waals surface area (Å²) in [6.07, 6.45) is 44.3. The van der Waals surface area contributed by atoms with Gasteiger partial charge in [0.05, 0.1) is 27.7 Å². The Morgan fingerprint density at radius 2 is 0.432 bits per heavy atom. The van der Waals surface area contributed by atoms with Crippen LogP contribution >= 0.6 is 0 Å². The van der Waals surface area contributed by atoms with Gasteiger partial charge in [-0.1, -0.05) is 187 Å². The van der Waals surface area contributed by atoms with E-state index in [2.05, 4.69) is 28.1 Å². The van der Waals surface area contributed by atoms with E-state index in [1.807, 2.05) is 0 Å². The lowest BCUT2D eigenvalue weighted by atomic mass is 10.0. The van der Waals surface area contributed by atoms with Crippen molar-refractivity contribution in [2.45, 2.75) is 200 Å². The third-order valence-corrected chi connectivity index (χ3v) is 8.18. The predicted octanol–water partition coefficient (Wildman–Crippen LogP) is 9.42. The molecule has 0 atom stereocenters. The summed E-state index contributed by atoms with van der Waals surface area (Å²) in [6.45, 7) is 3.64. The summed E-state index contributed by atoms with van der Waals surface area (Å²) >= 11 is 0. The highest BCUT2D eigenvalue weighted by atomic mass is 79.9. The SMILES string of the molecule is CCCCCCCCCCCCCCCCCCCCCCCCCCCCCCCC[N+](C)(C)C.[Br-]. The van der Waals surface area contributed by atoms with E-state index in [4.69, 9.17) is 0 Å². The molecule has 0 aliphatic rings. The van der Waals surface area contributed by atoms with E-state index in [1.54, 1.807) is 0 Å². The quantitative estimate of drug-likeness (QED) is 0.0559. The first kappa shape index (κ1) is 39.6. The zero-order chi connectivity index (χ0) is 26.4. The molecule has 1 nitrogen and oxygen atoms in total. The van der Waals surface area contributed by atoms with Crippen LogP contribution in [0.4, 0.5) is 0 Å². The van der Waals surface area contributed by atoms with Crippen LogP contribution in [0.5, 0.6) is 0 Å². The molecule has 0 aromatic rings. The zero-order valence-corrected chi connectivity index (χ0v) is 28.3. The molecule has 0 aliphatic carbocycles. The number of hydrogen-bond acceptors (Lipinski definition) is 0. The van der Waals surface area contributed by atoms with Crippen molar-refractivity contribution in [2.24, 2.45) is 0 Å². The fraction of sp³-hybridized carbons (Fsp3) is 1.00. The van der Waals surface area contributed by atoms with Gasteiger partial charge in [-0.05, 0) is 12.8 Å². The Kier molecular flexibility index (Phi) is 34.9. The monoisotopic (exact) mass is 588 g/mol. The number of halogens is 1. The molecule has 0 aliphatic heterocycles. The normalized spacial score (nSPS) is 11.7. The van der Waals surface area contributed by atoms with E-state index in [1.165, 1.54) is 199 Å². The van der Waals surface area contributed by atoms with Crippen molar-refractivity contribution >= 4 is 0 Å². The van der Waals surface area contributed by atoms with Crippen LogP contribution in [0, 0.1) is 0 Å². The first-order chi connectivity index (χ1) is 17.6. The smallest absolute Gasteiger partial charge is 0.0780 e. The second-order valence-electron chi connectivity index (χ2n) is 13.3. The minimum absolute atomic E-state index is 0. The van der Waals surface area contributed by atoms with E-state index in [0.717, 1.165) is 4.48 Å². The summed E-state index contributed by atoms with van der Waals surface area (Å²) < 4.78 is 1.12. The number of quaternary nitrogens is 1. The average Bonchev–Trinajstić information content (AvgIpc) is 2.84. The highest BCUT2D eigenvalue weighted by Gasteiger charge is 2.05. The van der Waals surface area contributed by atoms with E-state index in [-0.39, 0.29) is 17.0 Å². The summed E-state index contributed by atoms with van der Waals surface area (Å²) in [6, 6.07) is 0. The molecule has 226 valence electrons. The second-order valence-corrected chi connectivity index (χ2v) is 13.3. The van der Waals surface area contributed by atoms with Crippen molar-refractivity contribution < 1.29 is 21.5 Å². The molecule has 0 amide bonds. The molecule has 0 fully saturated rings. The van der Waals surface area contributed by atoms with E-state index >= 15 is 0 Å². The molecular formula is C35H74BrN. The van der Waals surface area contributed by atoms with Gasteiger partial charge in [-0.3, -0.25) is 0 Å². The maximum Gasteiger partial charge on any atom is 0.0780 e. The van der Waals surface area contributed by atoms with Gasteiger partial charge in [0, 0.05) is 0 Å². The topological polar surface area (TPSA) is 0 Å². The summed E-state index contributed by atoms with van der Waals surface area (Å²) in [5.41, 5.74) is 0. The number of hydrogen-bond donors (Lipinski definition) is 0. The molecule has 0 N–H and O–H groups in total. The third-order valence-electron chi connectivity index (χ3n) is 8.18. The minimum Gasteiger partial charge on any atom is -1.00 e. The van der Waals surface area contributed by atoms with Gasteiger partial charge >= 0.3 is 0 Å². The third kappa shape index (κ3) is 38.7. The molecule has 0 unspecified atom stereocenters. The van der Waals surface area contributed by atoms with Gasteiger partial charge in [-0.2, -0.15) is 0 Å². The fourth-order valence-corrected chi connectivity index (χ4v) is 5.61. The highest BCUT2D eigenvalue weighted by molar-refractivity contribution is 4.52. The summed E-state index contributed by atoms with van der Waals surface area (Å²) in [4.78, 5) is 0. The van der Waals surface area contributed by atoms with Crippen molar-refractivity contribution in [3.05, 3.63) is 0 Å². The van der Waals surface area contributed by atoms with Crippen LogP contribution < -0.4 is 17.0 Å². The van der Waals surface area contributed by atoms with E-state index in [0.29, 0.717) is 0 Å². The van der Waals surface area contributed by atoms with Crippen molar-refractivity contribution in [2.75, 3.05) is 27.7 Å². The minimum atomic E-state index is 0. The van der Waals surface area contributed by atoms with Gasteiger partial charge in [-0.25, -0.2) is 0 Å². The molecule has 37 heavy (non-hydrogen) atoms. The van der Waals surface area contributed by atoms with Crippen molar-refractivity contribution in [1.82, 2.24) is 0 Å². The van der Waals surface area contributed by atoms with Crippen molar-refractivity contribution in [3.8, 4) is 0 Å². The molecule has 0 bridgehead atoms. The largest absolute Gasteiger partial charge is 1.00 e. The van der Waals surface area contributed by atoms with Gasteiger partial charge < -0.3 is 21.5 Å². The Hall–Kier alpha value is 0.440. The van der Waals surface area contributed by atoms with Gasteiger partial charge in [-0.15, -0.1) is 0 Å².